The Bertz CT molecular complexity index is 1510. The van der Waals surface area contributed by atoms with Crippen LogP contribution in [0.5, 0.6) is 0 Å². The van der Waals surface area contributed by atoms with Crippen molar-refractivity contribution in [2.24, 2.45) is 11.8 Å². The highest BCUT2D eigenvalue weighted by molar-refractivity contribution is 6.37. The molecule has 2 fully saturated rings. The summed E-state index contributed by atoms with van der Waals surface area (Å²) in [6, 6.07) is 17.3. The Morgan fingerprint density at radius 1 is 0.895 bits per heavy atom. The molecule has 8 nitrogen and oxygen atoms in total. The van der Waals surface area contributed by atoms with Crippen molar-refractivity contribution in [2.75, 3.05) is 11.5 Å². The normalized spacial score (nSPS) is 23.2. The number of halogens is 1. The van der Waals surface area contributed by atoms with Crippen LogP contribution in [0.25, 0.3) is 0 Å². The van der Waals surface area contributed by atoms with Gasteiger partial charge in [-0.15, -0.1) is 0 Å². The zero-order chi connectivity index (χ0) is 26.8. The number of nitrogens with zero attached hydrogens (tertiary/aromatic N) is 1. The molecule has 2 heterocycles. The lowest BCUT2D eigenvalue weighted by molar-refractivity contribution is -0.127. The molecule has 3 atom stereocenters. The molecule has 9 heteroatoms. The Kier molecular flexibility index (Phi) is 5.36. The Morgan fingerprint density at radius 3 is 2.11 bits per heavy atom. The fourth-order valence-corrected chi connectivity index (χ4v) is 5.72. The van der Waals surface area contributed by atoms with Gasteiger partial charge in [0.05, 0.1) is 35.8 Å². The minimum Gasteiger partial charge on any atom is -0.462 e. The Hall–Kier alpha value is -4.50. The highest BCUT2D eigenvalue weighted by atomic mass is 19.1. The van der Waals surface area contributed by atoms with E-state index >= 15 is 0 Å². The van der Waals surface area contributed by atoms with Gasteiger partial charge in [0.15, 0.2) is 0 Å². The van der Waals surface area contributed by atoms with Crippen molar-refractivity contribution in [3.8, 4) is 0 Å². The van der Waals surface area contributed by atoms with Gasteiger partial charge >= 0.3 is 5.97 Å². The Labute approximate surface area is 216 Å². The number of carbonyl (C=O) groups excluding carboxylic acids is 5. The van der Waals surface area contributed by atoms with Gasteiger partial charge in [0.25, 0.3) is 0 Å². The molecule has 38 heavy (non-hydrogen) atoms. The maximum absolute atomic E-state index is 15.0. The molecule has 2 aliphatic heterocycles. The van der Waals surface area contributed by atoms with Crippen LogP contribution in [0.15, 0.2) is 72.8 Å². The molecule has 2 saturated heterocycles. The van der Waals surface area contributed by atoms with Gasteiger partial charge in [0.2, 0.25) is 29.0 Å². The molecule has 3 aliphatic rings. The van der Waals surface area contributed by atoms with E-state index in [1.165, 1.54) is 54.6 Å². The molecule has 0 aromatic heterocycles. The lowest BCUT2D eigenvalue weighted by Gasteiger charge is -2.27. The van der Waals surface area contributed by atoms with Crippen LogP contribution in [0.4, 0.5) is 10.1 Å². The number of benzene rings is 3. The predicted octanol–water partition coefficient (Wildman–Crippen LogP) is 3.70. The highest BCUT2D eigenvalue weighted by Gasteiger charge is 2.75. The average molecular weight is 513 g/mol. The lowest BCUT2D eigenvalue weighted by atomic mass is 9.77. The van der Waals surface area contributed by atoms with Crippen LogP contribution >= 0.6 is 0 Å². The van der Waals surface area contributed by atoms with E-state index in [-0.39, 0.29) is 34.5 Å². The molecule has 0 saturated carbocycles. The maximum atomic E-state index is 15.0. The van der Waals surface area contributed by atoms with Crippen molar-refractivity contribution in [2.45, 2.75) is 18.6 Å². The second-order valence-corrected chi connectivity index (χ2v) is 9.28. The second kappa shape index (κ2) is 8.53. The molecule has 1 aliphatic carbocycles. The van der Waals surface area contributed by atoms with Crippen LogP contribution in [0.1, 0.15) is 49.7 Å². The Balaban J connectivity index is 1.48. The standard InChI is InChI=1S/C29H20FNO7/c1-2-37-28(36)15-11-13-16(14-12-15)31-26(34)21-22(27(31)35)29(38-23(21)19-9-5-6-10-20(19)30)24(32)17-7-3-4-8-18(17)25(29)33/h3-14,21-23H,2H2,1H3/t21-,22+,23-/m1/s1. The number of esters is 1. The number of rotatable bonds is 4. The summed E-state index contributed by atoms with van der Waals surface area (Å²) < 4.78 is 26.0. The molecule has 0 bridgehead atoms. The zero-order valence-corrected chi connectivity index (χ0v) is 20.1. The first-order valence-corrected chi connectivity index (χ1v) is 12.1. The van der Waals surface area contributed by atoms with E-state index in [0.29, 0.717) is 0 Å². The monoisotopic (exact) mass is 513 g/mol. The van der Waals surface area contributed by atoms with E-state index in [9.17, 15) is 28.4 Å². The number of ketones is 2. The largest absolute Gasteiger partial charge is 0.462 e. The molecule has 2 amide bonds. The third-order valence-corrected chi connectivity index (χ3v) is 7.37. The minimum absolute atomic E-state index is 0.0309. The highest BCUT2D eigenvalue weighted by Crippen LogP contribution is 2.57. The summed E-state index contributed by atoms with van der Waals surface area (Å²) in [7, 11) is 0. The van der Waals surface area contributed by atoms with Gasteiger partial charge in [-0.05, 0) is 37.3 Å². The summed E-state index contributed by atoms with van der Waals surface area (Å²) in [6.45, 7) is 1.84. The topological polar surface area (TPSA) is 107 Å². The molecular weight excluding hydrogens is 493 g/mol. The lowest BCUT2D eigenvalue weighted by Crippen LogP contribution is -2.51. The fourth-order valence-electron chi connectivity index (χ4n) is 5.72. The first-order chi connectivity index (χ1) is 18.3. The number of Topliss-reactive ketones (excluding diaryl/α,β-unsaturated/α-hetero) is 2. The number of ether oxygens (including phenoxy) is 2. The maximum Gasteiger partial charge on any atom is 0.338 e. The van der Waals surface area contributed by atoms with E-state index in [1.807, 2.05) is 0 Å². The van der Waals surface area contributed by atoms with Crippen molar-refractivity contribution < 1.29 is 37.8 Å². The minimum atomic E-state index is -2.30. The van der Waals surface area contributed by atoms with Crippen LogP contribution in [0, 0.1) is 17.7 Å². The van der Waals surface area contributed by atoms with E-state index in [2.05, 4.69) is 0 Å². The summed E-state index contributed by atoms with van der Waals surface area (Å²) in [4.78, 5) is 68.2. The molecule has 3 aromatic carbocycles. The van der Waals surface area contributed by atoms with Gasteiger partial charge in [0.1, 0.15) is 5.82 Å². The summed E-state index contributed by atoms with van der Waals surface area (Å²) in [5, 5.41) is 0. The van der Waals surface area contributed by atoms with Gasteiger partial charge < -0.3 is 9.47 Å². The summed E-state index contributed by atoms with van der Waals surface area (Å²) in [5.74, 6) is -7.09. The van der Waals surface area contributed by atoms with E-state index < -0.39 is 58.7 Å². The third kappa shape index (κ3) is 3.08. The van der Waals surface area contributed by atoms with Crippen LogP contribution in [0.2, 0.25) is 0 Å². The number of hydrogen-bond donors (Lipinski definition) is 0. The molecule has 6 rings (SSSR count). The fraction of sp³-hybridized carbons (Fsp3) is 0.207. The third-order valence-electron chi connectivity index (χ3n) is 7.37. The van der Waals surface area contributed by atoms with Crippen LogP contribution in [-0.2, 0) is 19.1 Å². The number of amides is 2. The molecule has 0 N–H and O–H groups in total. The van der Waals surface area contributed by atoms with Crippen molar-refractivity contribution >= 4 is 35.0 Å². The molecule has 3 aromatic rings. The molecular formula is C29H20FNO7. The molecule has 1 spiro atoms. The van der Waals surface area contributed by atoms with Gasteiger partial charge in [-0.25, -0.2) is 14.1 Å². The van der Waals surface area contributed by atoms with Gasteiger partial charge in [0, 0.05) is 16.7 Å². The van der Waals surface area contributed by atoms with Crippen molar-refractivity contribution in [1.29, 1.82) is 0 Å². The molecule has 0 radical (unpaired) electrons. The van der Waals surface area contributed by atoms with Crippen LogP contribution < -0.4 is 4.90 Å². The first-order valence-electron chi connectivity index (χ1n) is 12.1. The number of carbonyl (C=O) groups is 5. The van der Waals surface area contributed by atoms with E-state index in [1.54, 1.807) is 25.1 Å². The van der Waals surface area contributed by atoms with Gasteiger partial charge in [-0.3, -0.25) is 19.2 Å². The first kappa shape index (κ1) is 23.9. The smallest absolute Gasteiger partial charge is 0.338 e. The van der Waals surface area contributed by atoms with Crippen molar-refractivity contribution in [3.63, 3.8) is 0 Å². The molecule has 0 unspecified atom stereocenters. The van der Waals surface area contributed by atoms with Gasteiger partial charge in [-0.1, -0.05) is 42.5 Å². The van der Waals surface area contributed by atoms with E-state index in [4.69, 9.17) is 9.47 Å². The number of hydrogen-bond acceptors (Lipinski definition) is 7. The van der Waals surface area contributed by atoms with E-state index in [0.717, 1.165) is 4.90 Å². The number of fused-ring (bicyclic) bond motifs is 3. The van der Waals surface area contributed by atoms with Crippen LogP contribution in [0.3, 0.4) is 0 Å². The van der Waals surface area contributed by atoms with Crippen molar-refractivity contribution in [3.05, 3.63) is 101 Å². The predicted molar refractivity (Wildman–Crippen MR) is 130 cm³/mol. The Morgan fingerprint density at radius 2 is 1.50 bits per heavy atom. The summed E-state index contributed by atoms with van der Waals surface area (Å²) >= 11 is 0. The van der Waals surface area contributed by atoms with Crippen molar-refractivity contribution in [1.82, 2.24) is 0 Å². The van der Waals surface area contributed by atoms with Crippen LogP contribution in [-0.4, -0.2) is 41.6 Å². The summed E-state index contributed by atoms with van der Waals surface area (Å²) in [5.41, 5.74) is -1.80. The second-order valence-electron chi connectivity index (χ2n) is 9.28. The quantitative estimate of drug-likeness (QED) is 0.298. The SMILES string of the molecule is CCOC(=O)c1ccc(N2C(=O)[C@H]3[C@@H](c4ccccc4F)OC4(C(=O)c5ccccc5C4=O)[C@@H]3C2=O)cc1. The number of anilines is 1. The number of imide groups is 1. The summed E-state index contributed by atoms with van der Waals surface area (Å²) in [6.07, 6.45) is -1.36. The molecule has 190 valence electrons. The average Bonchev–Trinajstić information content (AvgIpc) is 3.49. The van der Waals surface area contributed by atoms with Gasteiger partial charge in [-0.2, -0.15) is 0 Å². The zero-order valence-electron chi connectivity index (χ0n) is 20.1.